The van der Waals surface area contributed by atoms with Crippen molar-refractivity contribution in [2.45, 2.75) is 0 Å². The summed E-state index contributed by atoms with van der Waals surface area (Å²) in [6, 6.07) is 24.0. The standard InChI is InChI=1S/C31H24FN3O5S/c1-33-31(36)28-24-16-23(19-7-6-8-20(15-19)29-22-9-4-5-10-26(22)40-34-29)25(35(2)41(3,37)38)17-27(24)39-30(28)18-11-13-21(32)14-12-18/h4-17H,1-3H3,(H,33,36). The Morgan fingerprint density at radius 1 is 0.878 bits per heavy atom. The van der Waals surface area contributed by atoms with Gasteiger partial charge in [-0.1, -0.05) is 35.5 Å². The first-order valence-corrected chi connectivity index (χ1v) is 14.5. The van der Waals surface area contributed by atoms with Gasteiger partial charge in [-0.15, -0.1) is 0 Å². The highest BCUT2D eigenvalue weighted by Gasteiger charge is 2.26. The molecule has 6 aromatic rings. The Bertz CT molecular complexity index is 2060. The molecule has 0 atom stereocenters. The normalized spacial score (nSPS) is 11.7. The third-order valence-electron chi connectivity index (χ3n) is 7.03. The molecule has 8 nitrogen and oxygen atoms in total. The Balaban J connectivity index is 1.62. The highest BCUT2D eigenvalue weighted by molar-refractivity contribution is 7.92. The van der Waals surface area contributed by atoms with E-state index in [-0.39, 0.29) is 11.3 Å². The Morgan fingerprint density at radius 3 is 2.34 bits per heavy atom. The summed E-state index contributed by atoms with van der Waals surface area (Å²) in [6.07, 6.45) is 1.11. The number of rotatable bonds is 6. The van der Waals surface area contributed by atoms with Gasteiger partial charge in [-0.3, -0.25) is 9.10 Å². The maximum absolute atomic E-state index is 13.7. The quantitative estimate of drug-likeness (QED) is 0.247. The molecule has 10 heteroatoms. The predicted molar refractivity (Wildman–Crippen MR) is 157 cm³/mol. The van der Waals surface area contributed by atoms with Gasteiger partial charge in [0.05, 0.1) is 17.5 Å². The molecule has 0 aliphatic heterocycles. The Hall–Kier alpha value is -4.96. The monoisotopic (exact) mass is 569 g/mol. The lowest BCUT2D eigenvalue weighted by molar-refractivity contribution is 0.0964. The summed E-state index contributed by atoms with van der Waals surface area (Å²) in [6.45, 7) is 0. The van der Waals surface area contributed by atoms with E-state index in [0.29, 0.717) is 44.6 Å². The van der Waals surface area contributed by atoms with Crippen molar-refractivity contribution < 1.29 is 26.5 Å². The fourth-order valence-electron chi connectivity index (χ4n) is 4.89. The number of benzene rings is 4. The third kappa shape index (κ3) is 4.62. The number of nitrogens with zero attached hydrogens (tertiary/aromatic N) is 2. The first-order valence-electron chi connectivity index (χ1n) is 12.6. The highest BCUT2D eigenvalue weighted by atomic mass is 32.2. The molecule has 0 aliphatic carbocycles. The van der Waals surface area contributed by atoms with Crippen LogP contribution in [0.3, 0.4) is 0 Å². The summed E-state index contributed by atoms with van der Waals surface area (Å²) in [5.74, 6) is -0.584. The van der Waals surface area contributed by atoms with Crippen LogP contribution >= 0.6 is 0 Å². The molecule has 0 fully saturated rings. The van der Waals surface area contributed by atoms with Crippen LogP contribution in [0, 0.1) is 5.82 Å². The van der Waals surface area contributed by atoms with Crippen LogP contribution < -0.4 is 9.62 Å². The fraction of sp³-hybridized carbons (Fsp3) is 0.0968. The zero-order valence-corrected chi connectivity index (χ0v) is 23.1. The van der Waals surface area contributed by atoms with E-state index in [9.17, 15) is 17.6 Å². The number of halogens is 1. The Labute approximate surface area is 235 Å². The zero-order chi connectivity index (χ0) is 28.9. The van der Waals surface area contributed by atoms with Gasteiger partial charge in [0.15, 0.2) is 5.58 Å². The minimum atomic E-state index is -3.68. The smallest absolute Gasteiger partial charge is 0.255 e. The maximum Gasteiger partial charge on any atom is 0.255 e. The molecule has 1 N–H and O–H groups in total. The predicted octanol–water partition coefficient (Wildman–Crippen LogP) is 6.47. The van der Waals surface area contributed by atoms with Gasteiger partial charge in [0.2, 0.25) is 10.0 Å². The van der Waals surface area contributed by atoms with Crippen LogP contribution in [0.25, 0.3) is 55.6 Å². The van der Waals surface area contributed by atoms with Crippen LogP contribution in [-0.2, 0) is 10.0 Å². The maximum atomic E-state index is 13.7. The molecule has 2 aromatic heterocycles. The van der Waals surface area contributed by atoms with Crippen molar-refractivity contribution >= 4 is 43.6 Å². The van der Waals surface area contributed by atoms with E-state index < -0.39 is 21.7 Å². The summed E-state index contributed by atoms with van der Waals surface area (Å²) >= 11 is 0. The Morgan fingerprint density at radius 2 is 1.61 bits per heavy atom. The topological polar surface area (TPSA) is 106 Å². The molecule has 0 bridgehead atoms. The number of carbonyl (C=O) groups excluding carboxylic acids is 1. The van der Waals surface area contributed by atoms with Gasteiger partial charge in [0.25, 0.3) is 5.91 Å². The van der Waals surface area contributed by atoms with E-state index in [1.54, 1.807) is 12.1 Å². The van der Waals surface area contributed by atoms with Gasteiger partial charge in [-0.05, 0) is 54.1 Å². The molecule has 0 unspecified atom stereocenters. The number of fused-ring (bicyclic) bond motifs is 2. The number of carbonyl (C=O) groups is 1. The fourth-order valence-corrected chi connectivity index (χ4v) is 5.39. The molecule has 0 saturated carbocycles. The summed E-state index contributed by atoms with van der Waals surface area (Å²) in [4.78, 5) is 13.1. The van der Waals surface area contributed by atoms with Crippen LogP contribution in [0.4, 0.5) is 10.1 Å². The number of para-hydroxylation sites is 1. The number of amides is 1. The molecule has 0 aliphatic rings. The van der Waals surface area contributed by atoms with Crippen LogP contribution in [0.2, 0.25) is 0 Å². The van der Waals surface area contributed by atoms with Crippen molar-refractivity contribution in [1.29, 1.82) is 0 Å². The summed E-state index contributed by atoms with van der Waals surface area (Å²) in [7, 11) is -0.710. The van der Waals surface area contributed by atoms with Crippen LogP contribution in [-0.4, -0.2) is 39.8 Å². The van der Waals surface area contributed by atoms with Crippen molar-refractivity contribution in [3.8, 4) is 33.7 Å². The SMILES string of the molecule is CNC(=O)c1c(-c2ccc(F)cc2)oc2cc(N(C)S(C)(=O)=O)c(-c3cccc(-c4noc5ccccc45)c3)cc12. The zero-order valence-electron chi connectivity index (χ0n) is 22.3. The molecule has 0 spiro atoms. The molecule has 41 heavy (non-hydrogen) atoms. The average molecular weight is 570 g/mol. The first-order chi connectivity index (χ1) is 19.7. The molecule has 4 aromatic carbocycles. The third-order valence-corrected chi connectivity index (χ3v) is 8.22. The van der Waals surface area contributed by atoms with E-state index in [1.807, 2.05) is 48.5 Å². The largest absolute Gasteiger partial charge is 0.455 e. The second-order valence-corrected chi connectivity index (χ2v) is 11.6. The van der Waals surface area contributed by atoms with E-state index >= 15 is 0 Å². The highest BCUT2D eigenvalue weighted by Crippen LogP contribution is 2.42. The summed E-state index contributed by atoms with van der Waals surface area (Å²) in [5.41, 5.74) is 4.71. The van der Waals surface area contributed by atoms with Gasteiger partial charge in [-0.25, -0.2) is 12.8 Å². The molecule has 0 saturated heterocycles. The van der Waals surface area contributed by atoms with E-state index in [2.05, 4.69) is 10.5 Å². The molecule has 1 amide bonds. The van der Waals surface area contributed by atoms with Crippen LogP contribution in [0.1, 0.15) is 10.4 Å². The van der Waals surface area contributed by atoms with Crippen molar-refractivity contribution in [2.75, 3.05) is 24.7 Å². The first kappa shape index (κ1) is 26.3. The molecule has 206 valence electrons. The van der Waals surface area contributed by atoms with Gasteiger partial charge in [-0.2, -0.15) is 0 Å². The van der Waals surface area contributed by atoms with Crippen LogP contribution in [0.5, 0.6) is 0 Å². The van der Waals surface area contributed by atoms with Crippen molar-refractivity contribution in [3.63, 3.8) is 0 Å². The van der Waals surface area contributed by atoms with Gasteiger partial charge in [0.1, 0.15) is 22.9 Å². The van der Waals surface area contributed by atoms with Crippen molar-refractivity contribution in [3.05, 3.63) is 96.3 Å². The Kier molecular flexibility index (Phi) is 6.34. The van der Waals surface area contributed by atoms with E-state index in [0.717, 1.165) is 17.2 Å². The van der Waals surface area contributed by atoms with Crippen molar-refractivity contribution in [2.24, 2.45) is 0 Å². The number of hydrogen-bond acceptors (Lipinski definition) is 6. The van der Waals surface area contributed by atoms with Crippen molar-refractivity contribution in [1.82, 2.24) is 10.5 Å². The number of anilines is 1. The second kappa shape index (κ2) is 9.90. The van der Waals surface area contributed by atoms with Crippen LogP contribution in [0.15, 0.2) is 93.9 Å². The number of furan rings is 1. The minimum Gasteiger partial charge on any atom is -0.455 e. The average Bonchev–Trinajstić information content (AvgIpc) is 3.57. The molecular weight excluding hydrogens is 545 g/mol. The molecule has 0 radical (unpaired) electrons. The van der Waals surface area contributed by atoms with Gasteiger partial charge < -0.3 is 14.3 Å². The molecule has 2 heterocycles. The lowest BCUT2D eigenvalue weighted by Crippen LogP contribution is -2.25. The second-order valence-electron chi connectivity index (χ2n) is 9.60. The number of hydrogen-bond donors (Lipinski definition) is 1. The van der Waals surface area contributed by atoms with E-state index in [4.69, 9.17) is 8.94 Å². The lowest BCUT2D eigenvalue weighted by atomic mass is 9.96. The van der Waals surface area contributed by atoms with Gasteiger partial charge >= 0.3 is 0 Å². The number of aromatic nitrogens is 1. The lowest BCUT2D eigenvalue weighted by Gasteiger charge is -2.21. The molecule has 6 rings (SSSR count). The van der Waals surface area contributed by atoms with E-state index in [1.165, 1.54) is 42.7 Å². The molecular formula is C31H24FN3O5S. The minimum absolute atomic E-state index is 0.243. The summed E-state index contributed by atoms with van der Waals surface area (Å²) < 4.78 is 51.9. The van der Waals surface area contributed by atoms with Gasteiger partial charge in [0, 0.05) is 47.6 Å². The number of nitrogens with one attached hydrogen (secondary N) is 1. The number of sulfonamides is 1. The summed E-state index contributed by atoms with van der Waals surface area (Å²) in [5, 5.41) is 8.23.